The van der Waals surface area contributed by atoms with Gasteiger partial charge in [-0.2, -0.15) is 0 Å². The minimum atomic E-state index is -1.18. The molecule has 0 radical (unpaired) electrons. The van der Waals surface area contributed by atoms with E-state index in [1.54, 1.807) is 24.3 Å². The number of nitrogens with zero attached hydrogens (tertiary/aromatic N) is 2. The fraction of sp³-hybridized carbons (Fsp3) is 0.338. The Bertz CT molecular complexity index is 3870. The number of hydrogen-bond acceptors (Lipinski definition) is 31. The van der Waals surface area contributed by atoms with E-state index in [2.05, 4.69) is 14.5 Å². The summed E-state index contributed by atoms with van der Waals surface area (Å²) in [5.41, 5.74) is 5.99. The topological polar surface area (TPSA) is 449 Å². The number of carbonyl (C=O) groups is 5. The van der Waals surface area contributed by atoms with Crippen LogP contribution in [0.15, 0.2) is 91.0 Å². The summed E-state index contributed by atoms with van der Waals surface area (Å²) in [6.45, 7) is 6.10. The number of benzene rings is 7. The zero-order valence-corrected chi connectivity index (χ0v) is 58.0. The zero-order valence-electron chi connectivity index (χ0n) is 58.0. The Kier molecular flexibility index (Phi) is 29.3. The fourth-order valence-electron chi connectivity index (χ4n) is 10.5. The highest BCUT2D eigenvalue weighted by atomic mass is 16.6. The summed E-state index contributed by atoms with van der Waals surface area (Å²) in [5, 5.41) is 96.0. The molecule has 0 saturated carbocycles. The van der Waals surface area contributed by atoms with E-state index >= 15 is 0 Å². The van der Waals surface area contributed by atoms with Crippen molar-refractivity contribution in [1.29, 1.82) is 0 Å². The van der Waals surface area contributed by atoms with Gasteiger partial charge in [-0.3, -0.25) is 4.79 Å². The van der Waals surface area contributed by atoms with Gasteiger partial charge in [0.25, 0.3) is 0 Å². The van der Waals surface area contributed by atoms with Crippen LogP contribution in [0.1, 0.15) is 88.3 Å². The summed E-state index contributed by atoms with van der Waals surface area (Å²) in [6, 6.07) is 19.1. The number of phenols is 10. The number of hydrogen-bond donors (Lipinski definition) is 11. The Balaban J connectivity index is 0.000000242. The van der Waals surface area contributed by atoms with Gasteiger partial charge < -0.3 is 133 Å². The van der Waals surface area contributed by atoms with Crippen molar-refractivity contribution < 1.29 is 141 Å². The highest BCUT2D eigenvalue weighted by Gasteiger charge is 2.38. The minimum Gasteiger partial charge on any atom is -0.508 e. The molecule has 0 aliphatic carbocycles. The molecule has 32 nitrogen and oxygen atoms in total. The van der Waals surface area contributed by atoms with Gasteiger partial charge in [-0.15, -0.1) is 0 Å². The molecule has 0 spiro atoms. The zero-order chi connectivity index (χ0) is 75.8. The molecule has 2 atom stereocenters. The van der Waals surface area contributed by atoms with E-state index in [0.717, 1.165) is 94.9 Å². The molecule has 32 heteroatoms. The average molecular weight is 1440 g/mol. The van der Waals surface area contributed by atoms with Crippen LogP contribution in [0.4, 0.5) is 0 Å². The molecule has 2 heterocycles. The van der Waals surface area contributed by atoms with Crippen LogP contribution in [0.5, 0.6) is 115 Å². The normalized spacial score (nSPS) is 13.8. The van der Waals surface area contributed by atoms with Gasteiger partial charge in [0, 0.05) is 67.5 Å². The van der Waals surface area contributed by atoms with Gasteiger partial charge in [0.15, 0.2) is 75.1 Å². The van der Waals surface area contributed by atoms with E-state index < -0.39 is 76.5 Å². The van der Waals surface area contributed by atoms with Gasteiger partial charge in [0.1, 0.15) is 34.9 Å². The van der Waals surface area contributed by atoms with Crippen LogP contribution in [-0.4, -0.2) is 220 Å². The van der Waals surface area contributed by atoms with Crippen LogP contribution in [0.25, 0.3) is 0 Å². The number of carbonyl (C=O) groups excluding carboxylic acids is 5. The molecule has 7 aromatic carbocycles. The highest BCUT2D eigenvalue weighted by Crippen LogP contribution is 2.47. The number of methoxy groups -OCH3 is 10. The molecular formula is C71H83N3O29. The first-order valence-electron chi connectivity index (χ1n) is 31.2. The average Bonchev–Trinajstić information content (AvgIpc) is 0.890. The standard InChI is InChI=1S/C31H44N2O10.C22H18O11.C11H14O5.C7H7NO3/c1-36-24-18-22(19-25(37-2)28(24)40-5)30(34)42-16-8-12-32-10-7-11-33(15-14-32)13-9-17-43-31(35)23-20-26(38-3)29(41-6)27(21-23)39-4;23-10-5-12(24)11-7-18(33-22(31)9-3-15(27)20(30)16(28)4-9)21(32-17(11)6-10)8-1-13(25)19(29)14(26)2-8;1-13-8-5-7(11(12)16-4)6-9(14-2)10(8)15-3;8-7(11)4-1-5(9)3-6(10)2-4/h18-21H,7-17H2,1-6H3;1-6,18,21,23-30H,7H2;5-6H,1-4H3;1-3,9-10H,(H2,8,11)/t;18-,21+;;/m.1../s1. The molecular weight excluding hydrogens is 1360 g/mol. The predicted molar refractivity (Wildman–Crippen MR) is 364 cm³/mol. The number of ether oxygens (including phenoxy) is 14. The van der Waals surface area contributed by atoms with Crippen molar-refractivity contribution in [2.75, 3.05) is 124 Å². The Morgan fingerprint density at radius 3 is 1.16 bits per heavy atom. The maximum absolute atomic E-state index is 12.7. The van der Waals surface area contributed by atoms with E-state index in [4.69, 9.17) is 77.5 Å². The Labute approximate surface area is 591 Å². The number of phenolic OH excluding ortho intramolecular Hbond substituents is 10. The van der Waals surface area contributed by atoms with Crippen LogP contribution < -0.4 is 53.1 Å². The quantitative estimate of drug-likeness (QED) is 0.0121. The molecule has 1 amide bonds. The van der Waals surface area contributed by atoms with Gasteiger partial charge >= 0.3 is 23.9 Å². The maximum Gasteiger partial charge on any atom is 0.338 e. The van der Waals surface area contributed by atoms with Crippen LogP contribution in [0.3, 0.4) is 0 Å². The summed E-state index contributed by atoms with van der Waals surface area (Å²) < 4.78 is 74.1. The number of fused-ring (bicyclic) bond motifs is 1. The third-order valence-corrected chi connectivity index (χ3v) is 15.6. The largest absolute Gasteiger partial charge is 0.508 e. The lowest BCUT2D eigenvalue weighted by molar-refractivity contribution is -0.0189. The second kappa shape index (κ2) is 37.8. The molecule has 103 heavy (non-hydrogen) atoms. The SMILES string of the molecule is COC(=O)c1cc(OC)c(OC)c(OC)c1.COc1cc(C(=O)OCCCN2CCCN(CCCOC(=O)c3cc(OC)c(OC)c(OC)c3)CC2)cc(OC)c1OC.NC(=O)c1cc(O)cc(O)c1.O=C(O[C@@H]1Cc2c(O)cc(O)cc2O[C@H]1c1cc(O)c(O)c(O)c1)c1cc(O)c(O)c(O)c1. The van der Waals surface area contributed by atoms with Crippen molar-refractivity contribution in [2.45, 2.75) is 37.9 Å². The van der Waals surface area contributed by atoms with Crippen LogP contribution in [0, 0.1) is 0 Å². The highest BCUT2D eigenvalue weighted by molar-refractivity contribution is 5.94. The van der Waals surface area contributed by atoms with Crippen molar-refractivity contribution in [3.05, 3.63) is 130 Å². The molecule has 0 unspecified atom stereocenters. The Hall–Kier alpha value is -12.2. The maximum atomic E-state index is 12.7. The van der Waals surface area contributed by atoms with E-state index in [1.807, 2.05) is 0 Å². The van der Waals surface area contributed by atoms with Crippen molar-refractivity contribution in [2.24, 2.45) is 5.73 Å². The molecule has 1 saturated heterocycles. The predicted octanol–water partition coefficient (Wildman–Crippen LogP) is 7.47. The van der Waals surface area contributed by atoms with Gasteiger partial charge in [0.05, 0.1) is 107 Å². The summed E-state index contributed by atoms with van der Waals surface area (Å²) in [6.07, 6.45) is 0.00793. The van der Waals surface area contributed by atoms with E-state index in [9.17, 15) is 64.8 Å². The second-order valence-corrected chi connectivity index (χ2v) is 22.3. The first-order chi connectivity index (χ1) is 49.2. The third-order valence-electron chi connectivity index (χ3n) is 15.6. The van der Waals surface area contributed by atoms with Crippen molar-refractivity contribution in [3.8, 4) is 115 Å². The van der Waals surface area contributed by atoms with Crippen LogP contribution >= 0.6 is 0 Å². The lowest BCUT2D eigenvalue weighted by Gasteiger charge is -2.34. The third kappa shape index (κ3) is 21.2. The summed E-state index contributed by atoms with van der Waals surface area (Å²) >= 11 is 0. The van der Waals surface area contributed by atoms with Gasteiger partial charge in [-0.05, 0) is 105 Å². The number of aromatic hydroxyl groups is 10. The van der Waals surface area contributed by atoms with E-state index in [1.165, 1.54) is 101 Å². The van der Waals surface area contributed by atoms with Crippen molar-refractivity contribution in [1.82, 2.24) is 9.80 Å². The molecule has 556 valence electrons. The Morgan fingerprint density at radius 2 is 0.786 bits per heavy atom. The number of esters is 4. The van der Waals surface area contributed by atoms with Crippen LogP contribution in [-0.2, 0) is 25.4 Å². The number of rotatable bonds is 24. The second-order valence-electron chi connectivity index (χ2n) is 22.3. The molecule has 7 aromatic rings. The number of primary amides is 1. The number of nitrogens with two attached hydrogens (primary N) is 1. The summed E-state index contributed by atoms with van der Waals surface area (Å²) in [7, 11) is 14.8. The first kappa shape index (κ1) is 79.8. The molecule has 0 bridgehead atoms. The molecule has 9 rings (SSSR count). The molecule has 1 fully saturated rings. The lowest BCUT2D eigenvalue weighted by Crippen LogP contribution is -2.34. The summed E-state index contributed by atoms with van der Waals surface area (Å²) in [5.74, 6) is -4.70. The van der Waals surface area contributed by atoms with Crippen LogP contribution in [0.2, 0.25) is 0 Å². The minimum absolute atomic E-state index is 0.0526. The molecule has 2 aliphatic rings. The van der Waals surface area contributed by atoms with Crippen molar-refractivity contribution >= 4 is 29.8 Å². The van der Waals surface area contributed by atoms with Gasteiger partial charge in [-0.25, -0.2) is 19.2 Å². The fourth-order valence-corrected chi connectivity index (χ4v) is 10.5. The molecule has 2 aliphatic heterocycles. The number of amides is 1. The van der Waals surface area contributed by atoms with E-state index in [-0.39, 0.29) is 57.4 Å². The lowest BCUT2D eigenvalue weighted by atomic mass is 9.93. The summed E-state index contributed by atoms with van der Waals surface area (Å²) in [4.78, 5) is 64.6. The van der Waals surface area contributed by atoms with E-state index in [0.29, 0.717) is 81.6 Å². The molecule has 0 aromatic heterocycles. The molecule has 12 N–H and O–H groups in total. The Morgan fingerprint density at radius 1 is 0.417 bits per heavy atom. The monoisotopic (exact) mass is 1440 g/mol. The first-order valence-corrected chi connectivity index (χ1v) is 31.2. The van der Waals surface area contributed by atoms with Crippen molar-refractivity contribution in [3.63, 3.8) is 0 Å². The van der Waals surface area contributed by atoms with Gasteiger partial charge in [-0.1, -0.05) is 0 Å². The smallest absolute Gasteiger partial charge is 0.338 e. The van der Waals surface area contributed by atoms with Gasteiger partial charge in [0.2, 0.25) is 23.2 Å².